The van der Waals surface area contributed by atoms with Crippen LogP contribution in [0.15, 0.2) is 64.2 Å². The normalized spacial score (nSPS) is 11.4. The zero-order valence-corrected chi connectivity index (χ0v) is 16.5. The Balaban J connectivity index is 1.92. The molecule has 0 unspecified atom stereocenters. The molecule has 0 aliphatic carbocycles. The van der Waals surface area contributed by atoms with Crippen LogP contribution in [0.2, 0.25) is 0 Å². The molecule has 30 heavy (non-hydrogen) atoms. The van der Waals surface area contributed by atoms with Gasteiger partial charge in [-0.15, -0.1) is 0 Å². The van der Waals surface area contributed by atoms with E-state index in [0.29, 0.717) is 17.8 Å². The van der Waals surface area contributed by atoms with Crippen LogP contribution < -0.4 is 16.0 Å². The van der Waals surface area contributed by atoms with Crippen LogP contribution in [-0.4, -0.2) is 26.1 Å². The minimum absolute atomic E-state index is 0.263. The molecular weight excluding hydrogens is 380 g/mol. The largest absolute Gasteiger partial charge is 0.494 e. The maximum Gasteiger partial charge on any atom is 0.349 e. The molecule has 3 aromatic rings. The Hall–Kier alpha value is -4.00. The van der Waals surface area contributed by atoms with Gasteiger partial charge in [-0.2, -0.15) is 4.98 Å². The third-order valence-corrected chi connectivity index (χ3v) is 5.02. The van der Waals surface area contributed by atoms with E-state index in [0.717, 1.165) is 33.3 Å². The first-order valence-corrected chi connectivity index (χ1v) is 9.64. The summed E-state index contributed by atoms with van der Waals surface area (Å²) >= 11 is 0. The highest BCUT2D eigenvalue weighted by atomic mass is 16.5. The molecule has 148 valence electrons. The maximum absolute atomic E-state index is 12.5. The standard InChI is InChI=1S/C23H18N4O3/c1-3-30-17-7-5-16(6-8-17)27-20-15(11-14-10-13(2)4-9-19(14)24-20)12-18-21(27)25-23(29)26-22(18)28/h4-12H,3H2,1-2H3,(H,26,28,29). The van der Waals surface area contributed by atoms with E-state index in [1.807, 2.05) is 56.3 Å². The van der Waals surface area contributed by atoms with E-state index in [-0.39, 0.29) is 5.82 Å². The third kappa shape index (κ3) is 2.91. The Labute approximate surface area is 171 Å². The lowest BCUT2D eigenvalue weighted by atomic mass is 10.1. The van der Waals surface area contributed by atoms with E-state index in [2.05, 4.69) is 16.0 Å². The fourth-order valence-corrected chi connectivity index (χ4v) is 3.70. The molecule has 0 spiro atoms. The molecule has 2 aromatic carbocycles. The first-order valence-electron chi connectivity index (χ1n) is 9.64. The van der Waals surface area contributed by atoms with Crippen molar-refractivity contribution in [1.29, 1.82) is 0 Å². The topological polar surface area (TPSA) is 89.9 Å². The van der Waals surface area contributed by atoms with Gasteiger partial charge in [0.1, 0.15) is 11.4 Å². The summed E-state index contributed by atoms with van der Waals surface area (Å²) in [5, 5.41) is 1.75. The number of nitrogens with zero attached hydrogens (tertiary/aromatic N) is 3. The minimum atomic E-state index is -0.692. The molecule has 0 saturated carbocycles. The molecule has 7 heteroatoms. The fraction of sp³-hybridized carbons (Fsp3) is 0.130. The van der Waals surface area contributed by atoms with Crippen molar-refractivity contribution in [2.45, 2.75) is 13.8 Å². The number of H-pyrrole nitrogens is 1. The van der Waals surface area contributed by atoms with Gasteiger partial charge in [0.05, 0.1) is 17.7 Å². The van der Waals surface area contributed by atoms with Gasteiger partial charge in [0, 0.05) is 16.5 Å². The summed E-state index contributed by atoms with van der Waals surface area (Å²) in [5.41, 5.74) is 2.44. The predicted octanol–water partition coefficient (Wildman–Crippen LogP) is 3.43. The van der Waals surface area contributed by atoms with Gasteiger partial charge < -0.3 is 4.74 Å². The van der Waals surface area contributed by atoms with Crippen LogP contribution in [0.4, 0.5) is 0 Å². The van der Waals surface area contributed by atoms with Crippen molar-refractivity contribution in [2.24, 2.45) is 0 Å². The summed E-state index contributed by atoms with van der Waals surface area (Å²) in [7, 11) is 0. The maximum atomic E-state index is 12.5. The van der Waals surface area contributed by atoms with E-state index >= 15 is 0 Å². The van der Waals surface area contributed by atoms with Crippen LogP contribution in [0.3, 0.4) is 0 Å². The number of ether oxygens (including phenoxy) is 1. The number of rotatable bonds is 3. The highest BCUT2D eigenvalue weighted by Gasteiger charge is 2.19. The van der Waals surface area contributed by atoms with Gasteiger partial charge in [-0.1, -0.05) is 11.6 Å². The molecule has 0 amide bonds. The van der Waals surface area contributed by atoms with E-state index in [1.54, 1.807) is 10.6 Å². The zero-order chi connectivity index (χ0) is 20.8. The van der Waals surface area contributed by atoms with E-state index in [9.17, 15) is 9.59 Å². The number of fused-ring (bicyclic) bond motifs is 3. The second-order valence-electron chi connectivity index (χ2n) is 7.11. The molecule has 0 atom stereocenters. The van der Waals surface area contributed by atoms with Crippen molar-refractivity contribution >= 4 is 21.9 Å². The molecule has 5 rings (SSSR count). The van der Waals surface area contributed by atoms with Gasteiger partial charge >= 0.3 is 5.69 Å². The lowest BCUT2D eigenvalue weighted by Gasteiger charge is -2.17. The Bertz CT molecular complexity index is 1500. The molecule has 0 fully saturated rings. The lowest BCUT2D eigenvalue weighted by Crippen LogP contribution is -2.27. The average Bonchev–Trinajstić information content (AvgIpc) is 2.72. The lowest BCUT2D eigenvalue weighted by molar-refractivity contribution is 0.340. The molecule has 7 nitrogen and oxygen atoms in total. The van der Waals surface area contributed by atoms with E-state index in [4.69, 9.17) is 9.72 Å². The summed E-state index contributed by atoms with van der Waals surface area (Å²) < 4.78 is 7.28. The molecule has 1 N–H and O–H groups in total. The Kier molecular flexibility index (Phi) is 4.10. The van der Waals surface area contributed by atoms with Crippen molar-refractivity contribution in [3.8, 4) is 22.8 Å². The van der Waals surface area contributed by atoms with Gasteiger partial charge in [0.2, 0.25) is 0 Å². The summed E-state index contributed by atoms with van der Waals surface area (Å²) in [6.45, 7) is 4.51. The van der Waals surface area contributed by atoms with Crippen LogP contribution in [0.1, 0.15) is 12.5 Å². The monoisotopic (exact) mass is 398 g/mol. The second kappa shape index (κ2) is 6.81. The van der Waals surface area contributed by atoms with Crippen molar-refractivity contribution in [2.75, 3.05) is 6.61 Å². The molecule has 2 aliphatic rings. The van der Waals surface area contributed by atoms with Gasteiger partial charge in [0.25, 0.3) is 5.56 Å². The Morgan fingerprint density at radius 2 is 1.77 bits per heavy atom. The summed E-state index contributed by atoms with van der Waals surface area (Å²) in [6, 6.07) is 17.1. The number of aryl methyl sites for hydroxylation is 1. The average molecular weight is 398 g/mol. The molecule has 0 saturated heterocycles. The number of benzene rings is 2. The van der Waals surface area contributed by atoms with Gasteiger partial charge in [0.15, 0.2) is 5.82 Å². The predicted molar refractivity (Wildman–Crippen MR) is 116 cm³/mol. The van der Waals surface area contributed by atoms with Gasteiger partial charge in [-0.05, 0) is 62.4 Å². The number of hydrogen-bond acceptors (Lipinski definition) is 5. The molecule has 0 radical (unpaired) electrons. The van der Waals surface area contributed by atoms with Crippen LogP contribution in [0.5, 0.6) is 5.75 Å². The molecule has 1 aromatic heterocycles. The molecule has 3 heterocycles. The van der Waals surface area contributed by atoms with Crippen molar-refractivity contribution in [1.82, 2.24) is 19.5 Å². The van der Waals surface area contributed by atoms with E-state index < -0.39 is 11.2 Å². The van der Waals surface area contributed by atoms with Crippen LogP contribution in [0.25, 0.3) is 39.0 Å². The van der Waals surface area contributed by atoms with Crippen molar-refractivity contribution in [3.63, 3.8) is 0 Å². The second-order valence-corrected chi connectivity index (χ2v) is 7.11. The highest BCUT2D eigenvalue weighted by Crippen LogP contribution is 2.29. The fourth-order valence-electron chi connectivity index (χ4n) is 3.70. The first-order chi connectivity index (χ1) is 14.5. The van der Waals surface area contributed by atoms with Gasteiger partial charge in [-0.3, -0.25) is 14.3 Å². The number of nitrogens with one attached hydrogen (secondary N) is 1. The van der Waals surface area contributed by atoms with Crippen molar-refractivity contribution in [3.05, 3.63) is 81.0 Å². The SMILES string of the molecule is CCOc1ccc(-n2c3nc(=O)[nH]c(=O)c-3cc3cc4cc(C)ccc4nc32)cc1. The summed E-state index contributed by atoms with van der Waals surface area (Å²) in [6.07, 6.45) is 0. The smallest absolute Gasteiger partial charge is 0.349 e. The van der Waals surface area contributed by atoms with Crippen LogP contribution in [-0.2, 0) is 0 Å². The Morgan fingerprint density at radius 3 is 2.53 bits per heavy atom. The number of aromatic nitrogens is 4. The van der Waals surface area contributed by atoms with Crippen LogP contribution in [0, 0.1) is 6.92 Å². The van der Waals surface area contributed by atoms with E-state index in [1.165, 1.54) is 0 Å². The highest BCUT2D eigenvalue weighted by molar-refractivity contribution is 5.94. The van der Waals surface area contributed by atoms with Crippen LogP contribution >= 0.6 is 0 Å². The molecule has 0 bridgehead atoms. The number of aromatic amines is 1. The number of pyridine rings is 2. The minimum Gasteiger partial charge on any atom is -0.494 e. The summed E-state index contributed by atoms with van der Waals surface area (Å²) in [5.74, 6) is 0.995. The molecule has 2 aliphatic heterocycles. The van der Waals surface area contributed by atoms with Gasteiger partial charge in [-0.25, -0.2) is 9.78 Å². The first kappa shape index (κ1) is 18.1. The Morgan fingerprint density at radius 1 is 0.967 bits per heavy atom. The summed E-state index contributed by atoms with van der Waals surface area (Å²) in [4.78, 5) is 35.7. The third-order valence-electron chi connectivity index (χ3n) is 5.02. The number of hydrogen-bond donors (Lipinski definition) is 1. The zero-order valence-electron chi connectivity index (χ0n) is 16.5. The quantitative estimate of drug-likeness (QED) is 0.470. The van der Waals surface area contributed by atoms with Crippen molar-refractivity contribution < 1.29 is 4.74 Å². The molecular formula is C23H18N4O3.